The van der Waals surface area contributed by atoms with Crippen LogP contribution in [0.3, 0.4) is 0 Å². The molecule has 0 saturated heterocycles. The lowest BCUT2D eigenvalue weighted by atomic mass is 10.1. The number of carbonyl (C=O) groups is 3. The molecule has 1 unspecified atom stereocenters. The number of carbonyl (C=O) groups excluding carboxylic acids is 3. The van der Waals surface area contributed by atoms with Gasteiger partial charge in [-0.1, -0.05) is 5.22 Å². The van der Waals surface area contributed by atoms with Crippen LogP contribution in [0.15, 0.2) is 34.6 Å². The highest BCUT2D eigenvalue weighted by atomic mass is 16.2. The summed E-state index contributed by atoms with van der Waals surface area (Å²) >= 11 is 0. The lowest BCUT2D eigenvalue weighted by Crippen LogP contribution is -2.49. The molecule has 0 spiro atoms. The van der Waals surface area contributed by atoms with Crippen LogP contribution in [0, 0.1) is 0 Å². The average molecular weight is 350 g/mol. The summed E-state index contributed by atoms with van der Waals surface area (Å²) in [5, 5.41) is 11.8. The molecule has 0 aliphatic heterocycles. The molecule has 0 heterocycles. The number of hydrogen-bond acceptors (Lipinski definition) is 7. The zero-order valence-electron chi connectivity index (χ0n) is 14.0. The van der Waals surface area contributed by atoms with Crippen molar-refractivity contribution < 1.29 is 14.4 Å². The van der Waals surface area contributed by atoms with Crippen molar-refractivity contribution in [3.05, 3.63) is 29.8 Å². The molecule has 11 heteroatoms. The van der Waals surface area contributed by atoms with Crippen LogP contribution in [0.25, 0.3) is 0 Å². The fourth-order valence-electron chi connectivity index (χ4n) is 1.78. The van der Waals surface area contributed by atoms with Crippen molar-refractivity contribution >= 4 is 23.4 Å². The van der Waals surface area contributed by atoms with Gasteiger partial charge in [0.15, 0.2) is 0 Å². The molecule has 136 valence electrons. The van der Waals surface area contributed by atoms with Crippen molar-refractivity contribution in [3.63, 3.8) is 0 Å². The molecular weight excluding hydrogens is 328 g/mol. The van der Waals surface area contributed by atoms with Gasteiger partial charge in [0.2, 0.25) is 5.91 Å². The van der Waals surface area contributed by atoms with Gasteiger partial charge in [-0.2, -0.15) is 0 Å². The molecule has 1 aromatic carbocycles. The van der Waals surface area contributed by atoms with E-state index in [9.17, 15) is 14.4 Å². The third kappa shape index (κ3) is 6.93. The molecule has 0 aromatic heterocycles. The van der Waals surface area contributed by atoms with Gasteiger partial charge in [-0.15, -0.1) is 5.11 Å². The molecule has 11 nitrogen and oxygen atoms in total. The lowest BCUT2D eigenvalue weighted by Gasteiger charge is -2.16. The summed E-state index contributed by atoms with van der Waals surface area (Å²) in [6.07, 6.45) is 0.00562. The van der Waals surface area contributed by atoms with Crippen molar-refractivity contribution in [3.8, 4) is 0 Å². The van der Waals surface area contributed by atoms with Crippen molar-refractivity contribution in [2.75, 3.05) is 14.1 Å². The second kappa shape index (κ2) is 9.95. The number of amides is 3. The van der Waals surface area contributed by atoms with E-state index in [4.69, 9.17) is 11.7 Å². The van der Waals surface area contributed by atoms with Gasteiger partial charge in [-0.3, -0.25) is 30.2 Å². The normalized spacial score (nSPS) is 11.7. The Labute approximate surface area is 144 Å². The zero-order valence-corrected chi connectivity index (χ0v) is 14.0. The average Bonchev–Trinajstić information content (AvgIpc) is 2.62. The number of nitrogens with zero attached hydrogens (tertiary/aromatic N) is 3. The standard InChI is InChI=1S/C14H22N8O3/c1-22(2)21-20-10-5-3-9(4-6-10)13(24)17-11(14(25)19-16)7-8-12(23)18-15/h3-6,11H,7-8,15-16H2,1-2H3,(H,17,24)(H,18,23)(H,19,25). The number of benzene rings is 1. The van der Waals surface area contributed by atoms with Crippen LogP contribution in [0.5, 0.6) is 0 Å². The summed E-state index contributed by atoms with van der Waals surface area (Å²) in [5.41, 5.74) is 4.79. The smallest absolute Gasteiger partial charge is 0.256 e. The van der Waals surface area contributed by atoms with Crippen molar-refractivity contribution in [2.24, 2.45) is 22.0 Å². The SMILES string of the molecule is CN(C)N=Nc1ccc(C(=O)NC(CCC(=O)NN)C(=O)NN)cc1. The summed E-state index contributed by atoms with van der Waals surface area (Å²) < 4.78 is 0. The fourth-order valence-corrected chi connectivity index (χ4v) is 1.78. The third-order valence-corrected chi connectivity index (χ3v) is 3.05. The largest absolute Gasteiger partial charge is 0.340 e. The quantitative estimate of drug-likeness (QED) is 0.176. The number of rotatable bonds is 8. The Morgan fingerprint density at radius 1 is 1.12 bits per heavy atom. The van der Waals surface area contributed by atoms with E-state index in [1.807, 2.05) is 10.9 Å². The number of hydrazine groups is 2. The summed E-state index contributed by atoms with van der Waals surface area (Å²) in [4.78, 5) is 35.2. The molecule has 0 saturated carbocycles. The van der Waals surface area contributed by atoms with E-state index in [0.717, 1.165) is 0 Å². The Balaban J connectivity index is 2.75. The number of hydrogen-bond donors (Lipinski definition) is 5. The molecule has 7 N–H and O–H groups in total. The van der Waals surface area contributed by atoms with E-state index in [2.05, 4.69) is 15.7 Å². The Morgan fingerprint density at radius 3 is 2.28 bits per heavy atom. The number of nitrogens with one attached hydrogen (secondary N) is 3. The van der Waals surface area contributed by atoms with Gasteiger partial charge < -0.3 is 5.32 Å². The molecule has 25 heavy (non-hydrogen) atoms. The minimum atomic E-state index is -0.970. The van der Waals surface area contributed by atoms with E-state index >= 15 is 0 Å². The molecule has 1 aromatic rings. The molecule has 0 fully saturated rings. The van der Waals surface area contributed by atoms with Crippen LogP contribution < -0.4 is 27.9 Å². The molecule has 3 amide bonds. The lowest BCUT2D eigenvalue weighted by molar-refractivity contribution is -0.124. The summed E-state index contributed by atoms with van der Waals surface area (Å²) in [6.45, 7) is 0. The third-order valence-electron chi connectivity index (χ3n) is 3.05. The highest BCUT2D eigenvalue weighted by Crippen LogP contribution is 2.14. The predicted octanol–water partition coefficient (Wildman–Crippen LogP) is -0.895. The van der Waals surface area contributed by atoms with E-state index in [1.54, 1.807) is 38.4 Å². The van der Waals surface area contributed by atoms with Crippen LogP contribution in [-0.2, 0) is 9.59 Å². The molecule has 0 radical (unpaired) electrons. The summed E-state index contributed by atoms with van der Waals surface area (Å²) in [5.74, 6) is 8.52. The van der Waals surface area contributed by atoms with Crippen molar-refractivity contribution in [2.45, 2.75) is 18.9 Å². The van der Waals surface area contributed by atoms with Crippen molar-refractivity contribution in [1.29, 1.82) is 0 Å². The van der Waals surface area contributed by atoms with E-state index in [1.165, 1.54) is 5.01 Å². The predicted molar refractivity (Wildman–Crippen MR) is 89.8 cm³/mol. The highest BCUT2D eigenvalue weighted by Gasteiger charge is 2.21. The number of nitrogens with two attached hydrogens (primary N) is 2. The fraction of sp³-hybridized carbons (Fsp3) is 0.357. The second-order valence-corrected chi connectivity index (χ2v) is 5.22. The summed E-state index contributed by atoms with van der Waals surface area (Å²) in [7, 11) is 3.47. The zero-order chi connectivity index (χ0) is 18.8. The topological polar surface area (TPSA) is 167 Å². The first-order chi connectivity index (χ1) is 11.9. The van der Waals surface area contributed by atoms with Crippen LogP contribution in [0.2, 0.25) is 0 Å². The molecule has 1 atom stereocenters. The van der Waals surface area contributed by atoms with Gasteiger partial charge >= 0.3 is 0 Å². The Morgan fingerprint density at radius 2 is 1.76 bits per heavy atom. The van der Waals surface area contributed by atoms with Gasteiger partial charge in [0, 0.05) is 26.1 Å². The van der Waals surface area contributed by atoms with Gasteiger partial charge in [-0.05, 0) is 30.7 Å². The van der Waals surface area contributed by atoms with Gasteiger partial charge in [0.05, 0.1) is 5.69 Å². The monoisotopic (exact) mass is 350 g/mol. The Hall–Kier alpha value is -3.05. The van der Waals surface area contributed by atoms with Crippen molar-refractivity contribution in [1.82, 2.24) is 21.2 Å². The van der Waals surface area contributed by atoms with Crippen LogP contribution in [0.4, 0.5) is 5.69 Å². The molecule has 0 aliphatic rings. The summed E-state index contributed by atoms with van der Waals surface area (Å²) in [6, 6.07) is 5.35. The molecule has 0 aliphatic carbocycles. The second-order valence-electron chi connectivity index (χ2n) is 5.22. The first-order valence-electron chi connectivity index (χ1n) is 7.37. The van der Waals surface area contributed by atoms with Gasteiger partial charge in [-0.25, -0.2) is 11.7 Å². The maximum absolute atomic E-state index is 12.2. The Bertz CT molecular complexity index is 629. The van der Waals surface area contributed by atoms with Gasteiger partial charge in [0.25, 0.3) is 11.8 Å². The first-order valence-corrected chi connectivity index (χ1v) is 7.37. The molecule has 1 rings (SSSR count). The first kappa shape index (κ1) is 20.0. The maximum Gasteiger partial charge on any atom is 0.256 e. The highest BCUT2D eigenvalue weighted by molar-refractivity contribution is 5.97. The maximum atomic E-state index is 12.2. The van der Waals surface area contributed by atoms with E-state index < -0.39 is 23.8 Å². The van der Waals surface area contributed by atoms with Crippen LogP contribution >= 0.6 is 0 Å². The Kier molecular flexibility index (Phi) is 7.96. The minimum absolute atomic E-state index is 0.0429. The van der Waals surface area contributed by atoms with E-state index in [-0.39, 0.29) is 12.8 Å². The van der Waals surface area contributed by atoms with Crippen LogP contribution in [-0.4, -0.2) is 42.9 Å². The molecule has 0 bridgehead atoms. The molecular formula is C14H22N8O3. The van der Waals surface area contributed by atoms with E-state index in [0.29, 0.717) is 11.3 Å². The van der Waals surface area contributed by atoms with Gasteiger partial charge in [0.1, 0.15) is 6.04 Å². The van der Waals surface area contributed by atoms with Crippen LogP contribution in [0.1, 0.15) is 23.2 Å². The minimum Gasteiger partial charge on any atom is -0.340 e.